The van der Waals surface area contributed by atoms with Crippen molar-refractivity contribution >= 4 is 14.2 Å². The smallest absolute Gasteiger partial charge is 0.416 e. The van der Waals surface area contributed by atoms with E-state index in [0.717, 1.165) is 12.1 Å². The van der Waals surface area contributed by atoms with Gasteiger partial charge in [0.15, 0.2) is 19.8 Å². The molecule has 0 saturated heterocycles. The zero-order valence-corrected chi connectivity index (χ0v) is 23.8. The molecular weight excluding hydrogens is 503 g/mol. The second-order valence-electron chi connectivity index (χ2n) is 10.5. The molecule has 1 amide bonds. The molecule has 1 unspecified atom stereocenters. The van der Waals surface area contributed by atoms with E-state index in [4.69, 9.17) is 24.4 Å². The van der Waals surface area contributed by atoms with Gasteiger partial charge in [0.2, 0.25) is 11.7 Å². The second kappa shape index (κ2) is 11.8. The third-order valence-corrected chi connectivity index (χ3v) is 11.6. The number of benzene rings is 2. The van der Waals surface area contributed by atoms with E-state index in [-0.39, 0.29) is 34.3 Å². The van der Waals surface area contributed by atoms with E-state index in [9.17, 15) is 18.0 Å². The summed E-state index contributed by atoms with van der Waals surface area (Å²) < 4.78 is 63.4. The van der Waals surface area contributed by atoms with Gasteiger partial charge in [0.25, 0.3) is 0 Å². The number of carbonyl (C=O) groups is 1. The molecule has 10 heteroatoms. The summed E-state index contributed by atoms with van der Waals surface area (Å²) in [5.41, 5.74) is 6.01. The Balaban J connectivity index is 2.61. The monoisotopic (exact) mass is 541 g/mol. The summed E-state index contributed by atoms with van der Waals surface area (Å²) in [6.45, 7) is 11.0. The molecule has 2 N–H and O–H groups in total. The van der Waals surface area contributed by atoms with Crippen LogP contribution in [0.3, 0.4) is 0 Å². The first-order valence-corrected chi connectivity index (χ1v) is 14.9. The van der Waals surface area contributed by atoms with Crippen molar-refractivity contribution in [1.82, 2.24) is 0 Å². The van der Waals surface area contributed by atoms with Gasteiger partial charge in [0.1, 0.15) is 0 Å². The summed E-state index contributed by atoms with van der Waals surface area (Å²) in [6, 6.07) is 6.70. The number of hydrogen-bond acceptors (Lipinski definition) is 5. The Morgan fingerprint density at radius 1 is 1.00 bits per heavy atom. The lowest BCUT2D eigenvalue weighted by Crippen LogP contribution is -2.41. The summed E-state index contributed by atoms with van der Waals surface area (Å²) >= 11 is 0. The number of nitrogens with two attached hydrogens (primary N) is 1. The standard InChI is InChI=1S/C27H38F3NO5Si/c1-26(2,3)37(7,8)36-13-12-18(17-10-9-11-19(14-17)27(28,29)30)15-20-21(25(31)32)16-22(33-4)24(35-6)23(20)34-5/h9-11,14,16,18H,12-13,15H2,1-8H3,(H2,31,32). The van der Waals surface area contributed by atoms with E-state index in [1.54, 1.807) is 6.07 Å². The fourth-order valence-electron chi connectivity index (χ4n) is 3.91. The minimum atomic E-state index is -4.49. The normalized spacial score (nSPS) is 13.3. The van der Waals surface area contributed by atoms with Gasteiger partial charge in [-0.25, -0.2) is 0 Å². The number of primary amides is 1. The molecule has 2 aromatic carbocycles. The van der Waals surface area contributed by atoms with Crippen LogP contribution in [0.5, 0.6) is 17.2 Å². The molecule has 2 rings (SSSR count). The highest BCUT2D eigenvalue weighted by molar-refractivity contribution is 6.74. The van der Waals surface area contributed by atoms with Crippen LogP contribution in [0.2, 0.25) is 18.1 Å². The van der Waals surface area contributed by atoms with E-state index < -0.39 is 31.9 Å². The van der Waals surface area contributed by atoms with Crippen LogP contribution in [0.15, 0.2) is 30.3 Å². The maximum Gasteiger partial charge on any atom is 0.416 e. The van der Waals surface area contributed by atoms with Gasteiger partial charge in [-0.15, -0.1) is 0 Å². The van der Waals surface area contributed by atoms with Crippen molar-refractivity contribution < 1.29 is 36.6 Å². The summed E-state index contributed by atoms with van der Waals surface area (Å²) in [5.74, 6) is -0.372. The lowest BCUT2D eigenvalue weighted by Gasteiger charge is -2.36. The molecule has 0 fully saturated rings. The highest BCUT2D eigenvalue weighted by Gasteiger charge is 2.37. The summed E-state index contributed by atoms with van der Waals surface area (Å²) in [4.78, 5) is 12.4. The highest BCUT2D eigenvalue weighted by Crippen LogP contribution is 2.45. The predicted octanol–water partition coefficient (Wildman–Crippen LogP) is 6.57. The van der Waals surface area contributed by atoms with Gasteiger partial charge >= 0.3 is 6.18 Å². The van der Waals surface area contributed by atoms with Gasteiger partial charge in [-0.2, -0.15) is 13.2 Å². The largest absolute Gasteiger partial charge is 0.493 e. The molecule has 206 valence electrons. The van der Waals surface area contributed by atoms with Crippen LogP contribution in [-0.2, 0) is 17.0 Å². The van der Waals surface area contributed by atoms with Crippen LogP contribution in [0, 0.1) is 0 Å². The maximum absolute atomic E-state index is 13.5. The van der Waals surface area contributed by atoms with Crippen LogP contribution in [0.4, 0.5) is 13.2 Å². The Kier molecular flexibility index (Phi) is 9.70. The number of hydrogen-bond donors (Lipinski definition) is 1. The summed E-state index contributed by atoms with van der Waals surface area (Å²) in [6.07, 6.45) is -3.90. The molecule has 0 heterocycles. The molecule has 0 aliphatic heterocycles. The molecule has 0 saturated carbocycles. The zero-order chi connectivity index (χ0) is 28.2. The minimum Gasteiger partial charge on any atom is -0.493 e. The molecule has 0 aromatic heterocycles. The molecule has 37 heavy (non-hydrogen) atoms. The van der Waals surface area contributed by atoms with Crippen molar-refractivity contribution in [3.63, 3.8) is 0 Å². The third kappa shape index (κ3) is 7.19. The van der Waals surface area contributed by atoms with Crippen LogP contribution in [0.25, 0.3) is 0 Å². The summed E-state index contributed by atoms with van der Waals surface area (Å²) in [5, 5.41) is -0.0234. The van der Waals surface area contributed by atoms with Crippen LogP contribution >= 0.6 is 0 Å². The molecule has 1 atom stereocenters. The molecule has 0 aliphatic carbocycles. The SMILES string of the molecule is COc1cc(C(N)=O)c(CC(CCO[Si](C)(C)C(C)(C)C)c2cccc(C(F)(F)F)c2)c(OC)c1OC. The minimum absolute atomic E-state index is 0.0234. The number of alkyl halides is 3. The van der Waals surface area contributed by atoms with Crippen LogP contribution in [0.1, 0.15) is 60.2 Å². The lowest BCUT2D eigenvalue weighted by atomic mass is 9.86. The Hall–Kier alpha value is -2.72. The number of methoxy groups -OCH3 is 3. The number of ether oxygens (including phenoxy) is 3. The number of rotatable bonds is 11. The molecule has 6 nitrogen and oxygen atoms in total. The van der Waals surface area contributed by atoms with Crippen molar-refractivity contribution in [1.29, 1.82) is 0 Å². The Morgan fingerprint density at radius 2 is 1.62 bits per heavy atom. The molecule has 0 radical (unpaired) electrons. The summed E-state index contributed by atoms with van der Waals surface area (Å²) in [7, 11) is 2.19. The third-order valence-electron chi connectivity index (χ3n) is 7.07. The van der Waals surface area contributed by atoms with Crippen molar-refractivity contribution in [3.8, 4) is 17.2 Å². The van der Waals surface area contributed by atoms with Gasteiger partial charge in [-0.3, -0.25) is 4.79 Å². The Morgan fingerprint density at radius 3 is 2.11 bits per heavy atom. The molecule has 0 spiro atoms. The van der Waals surface area contributed by atoms with E-state index >= 15 is 0 Å². The highest BCUT2D eigenvalue weighted by atomic mass is 28.4. The van der Waals surface area contributed by atoms with E-state index in [1.165, 1.54) is 33.5 Å². The topological polar surface area (TPSA) is 80.0 Å². The first-order valence-electron chi connectivity index (χ1n) is 12.0. The predicted molar refractivity (Wildman–Crippen MR) is 140 cm³/mol. The van der Waals surface area contributed by atoms with Crippen molar-refractivity contribution in [2.75, 3.05) is 27.9 Å². The number of halogens is 3. The quantitative estimate of drug-likeness (QED) is 0.326. The maximum atomic E-state index is 13.5. The molecule has 0 bridgehead atoms. The molecular formula is C27H38F3NO5Si. The lowest BCUT2D eigenvalue weighted by molar-refractivity contribution is -0.137. The number of amides is 1. The van der Waals surface area contributed by atoms with Gasteiger partial charge < -0.3 is 24.4 Å². The van der Waals surface area contributed by atoms with Gasteiger partial charge in [0, 0.05) is 17.7 Å². The van der Waals surface area contributed by atoms with Gasteiger partial charge in [-0.1, -0.05) is 39.0 Å². The Labute approximate surface area is 218 Å². The fourth-order valence-corrected chi connectivity index (χ4v) is 4.97. The van der Waals surface area contributed by atoms with Crippen LogP contribution < -0.4 is 19.9 Å². The van der Waals surface area contributed by atoms with Crippen molar-refractivity contribution in [2.45, 2.75) is 63.8 Å². The zero-order valence-electron chi connectivity index (χ0n) is 22.8. The van der Waals surface area contributed by atoms with Crippen LogP contribution in [-0.4, -0.2) is 42.2 Å². The average Bonchev–Trinajstić information content (AvgIpc) is 2.81. The molecule has 2 aromatic rings. The Bertz CT molecular complexity index is 1100. The van der Waals surface area contributed by atoms with Gasteiger partial charge in [0.05, 0.1) is 26.9 Å². The van der Waals surface area contributed by atoms with Crippen molar-refractivity contribution in [2.24, 2.45) is 5.73 Å². The van der Waals surface area contributed by atoms with Gasteiger partial charge in [-0.05, 0) is 54.6 Å². The van der Waals surface area contributed by atoms with E-state index in [2.05, 4.69) is 33.9 Å². The van der Waals surface area contributed by atoms with E-state index in [1.807, 2.05) is 0 Å². The second-order valence-corrected chi connectivity index (χ2v) is 15.3. The number of carbonyl (C=O) groups excluding carboxylic acids is 1. The van der Waals surface area contributed by atoms with Crippen molar-refractivity contribution in [3.05, 3.63) is 52.6 Å². The first kappa shape index (κ1) is 30.5. The van der Waals surface area contributed by atoms with E-state index in [0.29, 0.717) is 24.2 Å². The molecule has 0 aliphatic rings. The average molecular weight is 542 g/mol. The first-order chi connectivity index (χ1) is 17.1. The fraction of sp³-hybridized carbons (Fsp3) is 0.519.